The number of ether oxygens (including phenoxy) is 1. The first-order valence-corrected chi connectivity index (χ1v) is 7.88. The van der Waals surface area contributed by atoms with Crippen molar-refractivity contribution in [3.8, 4) is 0 Å². The SMILES string of the molecule is CCOC(=O)CC(=Nc1cccc([N+](=O)[O-])c1)Nc1cccc([N+](=O)[O-])c1. The molecule has 0 aliphatic rings. The maximum atomic E-state index is 11.8. The average molecular weight is 372 g/mol. The topological polar surface area (TPSA) is 137 Å². The smallest absolute Gasteiger partial charge is 0.313 e. The lowest BCUT2D eigenvalue weighted by molar-refractivity contribution is -0.385. The summed E-state index contributed by atoms with van der Waals surface area (Å²) in [5.41, 5.74) is 0.312. The van der Waals surface area contributed by atoms with E-state index in [1.165, 1.54) is 42.5 Å². The van der Waals surface area contributed by atoms with Crippen molar-refractivity contribution in [2.24, 2.45) is 4.99 Å². The van der Waals surface area contributed by atoms with Gasteiger partial charge in [0.2, 0.25) is 0 Å². The average Bonchev–Trinajstić information content (AvgIpc) is 2.62. The van der Waals surface area contributed by atoms with Crippen LogP contribution in [0.25, 0.3) is 0 Å². The van der Waals surface area contributed by atoms with Gasteiger partial charge in [-0.3, -0.25) is 25.0 Å². The highest BCUT2D eigenvalue weighted by Gasteiger charge is 2.13. The van der Waals surface area contributed by atoms with E-state index < -0.39 is 15.8 Å². The van der Waals surface area contributed by atoms with Crippen LogP contribution in [0, 0.1) is 20.2 Å². The van der Waals surface area contributed by atoms with Gasteiger partial charge in [0.05, 0.1) is 22.1 Å². The molecular formula is C17H16N4O6. The molecule has 0 heterocycles. The normalized spacial score (nSPS) is 10.9. The predicted octanol–water partition coefficient (Wildman–Crippen LogP) is 3.60. The Hall–Kier alpha value is -3.82. The van der Waals surface area contributed by atoms with E-state index in [1.54, 1.807) is 13.0 Å². The third-order valence-electron chi connectivity index (χ3n) is 3.27. The Morgan fingerprint density at radius 2 is 1.70 bits per heavy atom. The molecule has 1 N–H and O–H groups in total. The first-order valence-electron chi connectivity index (χ1n) is 7.88. The van der Waals surface area contributed by atoms with Gasteiger partial charge in [0.1, 0.15) is 12.3 Å². The zero-order chi connectivity index (χ0) is 19.8. The molecule has 0 atom stereocenters. The standard InChI is InChI=1S/C17H16N4O6/c1-2-27-17(22)11-16(18-12-5-3-7-14(9-12)20(23)24)19-13-6-4-8-15(10-13)21(25)26/h3-10H,2,11H2,1H3,(H,18,19). The van der Waals surface area contributed by atoms with E-state index in [-0.39, 0.29) is 35.9 Å². The van der Waals surface area contributed by atoms with Crippen molar-refractivity contribution < 1.29 is 19.4 Å². The number of anilines is 1. The molecule has 10 nitrogen and oxygen atoms in total. The molecule has 0 aliphatic carbocycles. The molecule has 0 saturated heterocycles. The van der Waals surface area contributed by atoms with E-state index >= 15 is 0 Å². The number of nitro benzene ring substituents is 2. The second-order valence-electron chi connectivity index (χ2n) is 5.25. The van der Waals surface area contributed by atoms with Gasteiger partial charge >= 0.3 is 5.97 Å². The number of hydrogen-bond acceptors (Lipinski definition) is 7. The lowest BCUT2D eigenvalue weighted by Crippen LogP contribution is -2.18. The fourth-order valence-corrected chi connectivity index (χ4v) is 2.16. The quantitative estimate of drug-likeness (QED) is 0.258. The van der Waals surface area contributed by atoms with Gasteiger partial charge in [-0.2, -0.15) is 0 Å². The van der Waals surface area contributed by atoms with E-state index in [0.29, 0.717) is 5.69 Å². The highest BCUT2D eigenvalue weighted by Crippen LogP contribution is 2.22. The summed E-state index contributed by atoms with van der Waals surface area (Å²) in [6.07, 6.45) is -0.237. The van der Waals surface area contributed by atoms with Crippen molar-refractivity contribution in [1.29, 1.82) is 0 Å². The summed E-state index contributed by atoms with van der Waals surface area (Å²) >= 11 is 0. The van der Waals surface area contributed by atoms with Gasteiger partial charge in [-0.05, 0) is 19.1 Å². The number of nitro groups is 2. The fraction of sp³-hybridized carbons (Fsp3) is 0.176. The number of nitrogens with one attached hydrogen (secondary N) is 1. The minimum absolute atomic E-state index is 0.133. The van der Waals surface area contributed by atoms with E-state index in [0.717, 1.165) is 0 Å². The molecule has 0 unspecified atom stereocenters. The van der Waals surface area contributed by atoms with Crippen molar-refractivity contribution in [3.63, 3.8) is 0 Å². The van der Waals surface area contributed by atoms with Crippen molar-refractivity contribution in [1.82, 2.24) is 0 Å². The van der Waals surface area contributed by atoms with Gasteiger partial charge in [-0.15, -0.1) is 0 Å². The highest BCUT2D eigenvalue weighted by atomic mass is 16.6. The Bertz CT molecular complexity index is 896. The van der Waals surface area contributed by atoms with Crippen LogP contribution in [0.2, 0.25) is 0 Å². The Morgan fingerprint density at radius 1 is 1.07 bits per heavy atom. The van der Waals surface area contributed by atoms with E-state index in [2.05, 4.69) is 10.3 Å². The largest absolute Gasteiger partial charge is 0.466 e. The summed E-state index contributed by atoms with van der Waals surface area (Å²) in [4.78, 5) is 36.7. The van der Waals surface area contributed by atoms with Crippen LogP contribution in [0.1, 0.15) is 13.3 Å². The van der Waals surface area contributed by atoms with Gasteiger partial charge in [0, 0.05) is 30.0 Å². The third kappa shape index (κ3) is 5.88. The molecule has 10 heteroatoms. The lowest BCUT2D eigenvalue weighted by atomic mass is 10.2. The molecule has 0 spiro atoms. The van der Waals surface area contributed by atoms with Gasteiger partial charge in [-0.25, -0.2) is 4.99 Å². The maximum absolute atomic E-state index is 11.8. The molecule has 0 radical (unpaired) electrons. The van der Waals surface area contributed by atoms with Crippen LogP contribution in [0.15, 0.2) is 53.5 Å². The Morgan fingerprint density at radius 3 is 2.33 bits per heavy atom. The zero-order valence-electron chi connectivity index (χ0n) is 14.3. The van der Waals surface area contributed by atoms with Crippen LogP contribution in [-0.4, -0.2) is 28.3 Å². The van der Waals surface area contributed by atoms with Crippen LogP contribution < -0.4 is 5.32 Å². The first-order chi connectivity index (χ1) is 12.9. The summed E-state index contributed by atoms with van der Waals surface area (Å²) in [7, 11) is 0. The third-order valence-corrected chi connectivity index (χ3v) is 3.27. The number of rotatable bonds is 7. The zero-order valence-corrected chi connectivity index (χ0v) is 14.3. The Labute approximate surface area is 153 Å². The summed E-state index contributed by atoms with van der Waals surface area (Å²) in [5, 5.41) is 24.6. The predicted molar refractivity (Wildman–Crippen MR) is 98.2 cm³/mol. The molecule has 0 aliphatic heterocycles. The van der Waals surface area contributed by atoms with Crippen LogP contribution in [-0.2, 0) is 9.53 Å². The summed E-state index contributed by atoms with van der Waals surface area (Å²) in [6, 6.07) is 11.2. The number of aliphatic imine (C=N–C) groups is 1. The van der Waals surface area contributed by atoms with E-state index in [4.69, 9.17) is 4.74 Å². The maximum Gasteiger partial charge on any atom is 0.313 e. The second kappa shape index (κ2) is 9.04. The molecule has 0 bridgehead atoms. The Balaban J connectivity index is 2.34. The Kier molecular flexibility index (Phi) is 6.53. The van der Waals surface area contributed by atoms with Crippen molar-refractivity contribution in [2.75, 3.05) is 11.9 Å². The molecule has 140 valence electrons. The van der Waals surface area contributed by atoms with E-state index in [1.807, 2.05) is 0 Å². The molecule has 2 aromatic rings. The van der Waals surface area contributed by atoms with Gasteiger partial charge in [0.25, 0.3) is 11.4 Å². The number of carbonyl (C=O) groups is 1. The van der Waals surface area contributed by atoms with Crippen LogP contribution >= 0.6 is 0 Å². The van der Waals surface area contributed by atoms with Crippen LogP contribution in [0.5, 0.6) is 0 Å². The number of esters is 1. The minimum atomic E-state index is -0.558. The fourth-order valence-electron chi connectivity index (χ4n) is 2.16. The molecule has 27 heavy (non-hydrogen) atoms. The molecule has 2 aromatic carbocycles. The molecule has 2 rings (SSSR count). The van der Waals surface area contributed by atoms with Crippen molar-refractivity contribution in [3.05, 3.63) is 68.8 Å². The molecule has 0 aromatic heterocycles. The summed E-state index contributed by atoms with van der Waals surface area (Å²) in [5.74, 6) is -0.422. The number of benzene rings is 2. The summed E-state index contributed by atoms with van der Waals surface area (Å²) in [6.45, 7) is 1.84. The van der Waals surface area contributed by atoms with Gasteiger partial charge in [-0.1, -0.05) is 12.1 Å². The van der Waals surface area contributed by atoms with Crippen molar-refractivity contribution >= 4 is 34.6 Å². The number of amidine groups is 1. The molecule has 0 saturated carbocycles. The number of hydrogen-bond donors (Lipinski definition) is 1. The first kappa shape index (κ1) is 19.5. The second-order valence-corrected chi connectivity index (χ2v) is 5.25. The van der Waals surface area contributed by atoms with Crippen molar-refractivity contribution in [2.45, 2.75) is 13.3 Å². The lowest BCUT2D eigenvalue weighted by Gasteiger charge is -2.10. The number of carbonyl (C=O) groups excluding carboxylic acids is 1. The number of nitrogens with zero attached hydrogens (tertiary/aromatic N) is 3. The van der Waals surface area contributed by atoms with Crippen LogP contribution in [0.3, 0.4) is 0 Å². The highest BCUT2D eigenvalue weighted by molar-refractivity contribution is 6.06. The molecule has 0 amide bonds. The minimum Gasteiger partial charge on any atom is -0.466 e. The molecular weight excluding hydrogens is 356 g/mol. The summed E-state index contributed by atoms with van der Waals surface area (Å²) < 4.78 is 4.90. The van der Waals surface area contributed by atoms with Gasteiger partial charge < -0.3 is 10.1 Å². The molecule has 0 fully saturated rings. The van der Waals surface area contributed by atoms with E-state index in [9.17, 15) is 25.0 Å². The number of non-ortho nitro benzene ring substituents is 2. The monoisotopic (exact) mass is 372 g/mol. The van der Waals surface area contributed by atoms with Gasteiger partial charge in [0.15, 0.2) is 0 Å². The van der Waals surface area contributed by atoms with Crippen LogP contribution in [0.4, 0.5) is 22.7 Å².